The molecule has 0 aliphatic carbocycles. The van der Waals surface area contributed by atoms with E-state index < -0.39 is 20.2 Å². The Kier molecular flexibility index (Phi) is 6.96. The third-order valence-corrected chi connectivity index (χ3v) is 6.41. The van der Waals surface area contributed by atoms with Crippen molar-refractivity contribution < 1.29 is 38.8 Å². The molecule has 0 saturated carbocycles. The summed E-state index contributed by atoms with van der Waals surface area (Å²) in [5.74, 6) is -2.85. The Balaban J connectivity index is 1.74. The molecule has 3 rings (SSSR count). The molecule has 1 aromatic heterocycles. The Bertz CT molecular complexity index is 1090. The molecule has 11 nitrogen and oxygen atoms in total. The van der Waals surface area contributed by atoms with Gasteiger partial charge < -0.3 is 14.8 Å². The van der Waals surface area contributed by atoms with E-state index in [1.165, 1.54) is 10.8 Å². The van der Waals surface area contributed by atoms with Gasteiger partial charge in [0.2, 0.25) is 0 Å². The van der Waals surface area contributed by atoms with Gasteiger partial charge in [-0.25, -0.2) is 4.89 Å². The fourth-order valence-corrected chi connectivity index (χ4v) is 4.83. The van der Waals surface area contributed by atoms with E-state index in [4.69, 9.17) is 25.8 Å². The van der Waals surface area contributed by atoms with Crippen molar-refractivity contribution in [3.8, 4) is 5.75 Å². The van der Waals surface area contributed by atoms with Crippen molar-refractivity contribution in [2.24, 2.45) is 0 Å². The van der Waals surface area contributed by atoms with E-state index in [1.54, 1.807) is 13.8 Å². The van der Waals surface area contributed by atoms with Crippen LogP contribution in [0.4, 0.5) is 0 Å². The number of rotatable bonds is 7. The molecule has 0 amide bonds. The number of nitrogens with zero attached hydrogens (tertiary/aromatic N) is 1. The van der Waals surface area contributed by atoms with Crippen molar-refractivity contribution in [2.45, 2.75) is 52.4 Å². The van der Waals surface area contributed by atoms with Crippen LogP contribution in [-0.4, -0.2) is 42.0 Å². The van der Waals surface area contributed by atoms with Crippen molar-refractivity contribution in [3.63, 3.8) is 0 Å². The predicted octanol–water partition coefficient (Wildman–Crippen LogP) is 2.01. The predicted molar refractivity (Wildman–Crippen MR) is 111 cm³/mol. The molecule has 13 heteroatoms. The molecular formula is C18H24N2O9PS+. The maximum atomic E-state index is 11.6. The molecule has 0 spiro atoms. The zero-order valence-electron chi connectivity index (χ0n) is 17.1. The van der Waals surface area contributed by atoms with E-state index in [1.807, 2.05) is 19.1 Å². The van der Waals surface area contributed by atoms with Crippen LogP contribution in [0.15, 0.2) is 23.1 Å². The first-order valence-electron chi connectivity index (χ1n) is 9.26. The highest BCUT2D eigenvalue weighted by Crippen LogP contribution is 2.64. The van der Waals surface area contributed by atoms with E-state index in [-0.39, 0.29) is 29.9 Å². The van der Waals surface area contributed by atoms with Gasteiger partial charge in [0.25, 0.3) is 5.56 Å². The minimum absolute atomic E-state index is 0.0215. The quantitative estimate of drug-likeness (QED) is 0.132. The second-order valence-corrected chi connectivity index (χ2v) is 9.25. The summed E-state index contributed by atoms with van der Waals surface area (Å²) in [5, 5.41) is 29.9. The molecule has 0 radical (unpaired) electrons. The number of nitrogens with one attached hydrogen (secondary N) is 1. The van der Waals surface area contributed by atoms with Gasteiger partial charge in [-0.2, -0.15) is 4.89 Å². The first-order chi connectivity index (χ1) is 14.4. The van der Waals surface area contributed by atoms with Crippen LogP contribution < -0.4 is 10.1 Å². The maximum absolute atomic E-state index is 11.6. The van der Waals surface area contributed by atoms with E-state index in [2.05, 4.69) is 9.87 Å². The molecular weight excluding hydrogens is 451 g/mol. The SMILES string of the molecule is Cc1cc(C)c2c(c1)CO[P+](O)(OC(O)(O)C(CCn1cc(C)c(=O)[nH]c1=S)OO)O2. The van der Waals surface area contributed by atoms with Gasteiger partial charge in [0.05, 0.1) is 0 Å². The molecule has 0 fully saturated rings. The summed E-state index contributed by atoms with van der Waals surface area (Å²) in [6, 6.07) is 3.64. The fourth-order valence-electron chi connectivity index (χ4n) is 3.20. The average molecular weight is 475 g/mol. The number of H-pyrrole nitrogens is 1. The third-order valence-electron chi connectivity index (χ3n) is 4.70. The number of hydrogen-bond acceptors (Lipinski definition) is 10. The summed E-state index contributed by atoms with van der Waals surface area (Å²) in [6.07, 6.45) is -0.487. The van der Waals surface area contributed by atoms with Gasteiger partial charge in [0.15, 0.2) is 16.6 Å². The second-order valence-electron chi connectivity index (χ2n) is 7.30. The number of aromatic nitrogens is 2. The fraction of sp³-hybridized carbons (Fsp3) is 0.444. The minimum atomic E-state index is -4.21. The highest BCUT2D eigenvalue weighted by molar-refractivity contribution is 7.71. The Hall–Kier alpha value is -1.73. The van der Waals surface area contributed by atoms with Gasteiger partial charge in [-0.1, -0.05) is 16.2 Å². The van der Waals surface area contributed by atoms with Crippen molar-refractivity contribution in [2.75, 3.05) is 0 Å². The van der Waals surface area contributed by atoms with E-state index in [9.17, 15) is 25.2 Å². The van der Waals surface area contributed by atoms with Crippen LogP contribution in [0.1, 0.15) is 28.7 Å². The highest BCUT2D eigenvalue weighted by atomic mass is 32.1. The van der Waals surface area contributed by atoms with Gasteiger partial charge in [-0.15, -0.1) is 4.52 Å². The molecule has 2 aromatic rings. The van der Waals surface area contributed by atoms with Gasteiger partial charge in [0.1, 0.15) is 6.61 Å². The second kappa shape index (κ2) is 9.02. The normalized spacial score (nSPS) is 19.6. The Morgan fingerprint density at radius 2 is 2.03 bits per heavy atom. The standard InChI is InChI=1S/C18H23N2O9PS/c1-10-6-11(2)15-13(7-10)9-26-30(25,28-15)29-18(22,23)14(27-24)4-5-20-8-12(3)16(21)19-17(20)31/h6-8,14,22-23,25H,4-5,9H2,1-3H3,(H-,19,21,24,31)/p+1. The molecule has 170 valence electrons. The molecule has 1 aliphatic rings. The molecule has 2 atom stereocenters. The number of aryl methyl sites for hydroxylation is 4. The smallest absolute Gasteiger partial charge is 0.339 e. The van der Waals surface area contributed by atoms with Crippen molar-refractivity contribution in [1.29, 1.82) is 0 Å². The topological polar surface area (TPSA) is 156 Å². The van der Waals surface area contributed by atoms with Crippen molar-refractivity contribution in [3.05, 3.63) is 55.7 Å². The summed E-state index contributed by atoms with van der Waals surface area (Å²) in [6.45, 7) is 5.19. The average Bonchev–Trinajstić information content (AvgIpc) is 2.66. The number of fused-ring (bicyclic) bond motifs is 1. The van der Waals surface area contributed by atoms with E-state index >= 15 is 0 Å². The van der Waals surface area contributed by atoms with Gasteiger partial charge in [-0.3, -0.25) is 19.6 Å². The van der Waals surface area contributed by atoms with Crippen LogP contribution in [0.25, 0.3) is 0 Å². The van der Waals surface area contributed by atoms with Crippen LogP contribution in [-0.2, 0) is 27.1 Å². The lowest BCUT2D eigenvalue weighted by Crippen LogP contribution is -2.47. The van der Waals surface area contributed by atoms with Crippen LogP contribution in [0, 0.1) is 25.5 Å². The van der Waals surface area contributed by atoms with E-state index in [0.717, 1.165) is 5.56 Å². The highest BCUT2D eigenvalue weighted by Gasteiger charge is 2.59. The van der Waals surface area contributed by atoms with E-state index in [0.29, 0.717) is 22.4 Å². The molecule has 0 saturated heterocycles. The van der Waals surface area contributed by atoms with Gasteiger partial charge in [-0.05, 0) is 44.6 Å². The number of hydrogen-bond donors (Lipinski definition) is 5. The molecule has 1 aliphatic heterocycles. The number of benzene rings is 1. The molecule has 0 bridgehead atoms. The molecule has 2 heterocycles. The third kappa shape index (κ3) is 5.37. The van der Waals surface area contributed by atoms with Crippen LogP contribution in [0.2, 0.25) is 0 Å². The molecule has 2 unspecified atom stereocenters. The summed E-state index contributed by atoms with van der Waals surface area (Å²) in [7, 11) is -4.21. The Morgan fingerprint density at radius 3 is 2.71 bits per heavy atom. The summed E-state index contributed by atoms with van der Waals surface area (Å²) < 4.78 is 17.2. The zero-order valence-corrected chi connectivity index (χ0v) is 18.8. The van der Waals surface area contributed by atoms with Gasteiger partial charge >= 0.3 is 14.1 Å². The summed E-state index contributed by atoms with van der Waals surface area (Å²) in [4.78, 5) is 28.8. The molecule has 31 heavy (non-hydrogen) atoms. The van der Waals surface area contributed by atoms with Gasteiger partial charge in [0, 0.05) is 30.3 Å². The zero-order chi connectivity index (χ0) is 23.0. The summed E-state index contributed by atoms with van der Waals surface area (Å²) >= 11 is 5.06. The summed E-state index contributed by atoms with van der Waals surface area (Å²) in [5.41, 5.74) is 2.39. The number of aromatic amines is 1. The number of aliphatic hydroxyl groups is 2. The van der Waals surface area contributed by atoms with Crippen LogP contribution >= 0.6 is 20.4 Å². The lowest BCUT2D eigenvalue weighted by Gasteiger charge is -2.30. The lowest BCUT2D eigenvalue weighted by atomic mass is 10.1. The first kappa shape index (κ1) is 23.9. The lowest BCUT2D eigenvalue weighted by molar-refractivity contribution is -0.415. The Labute approximate surface area is 183 Å². The molecule has 5 N–H and O–H groups in total. The monoisotopic (exact) mass is 475 g/mol. The maximum Gasteiger partial charge on any atom is 0.625 e. The largest absolute Gasteiger partial charge is 0.625 e. The first-order valence-corrected chi connectivity index (χ1v) is 11.2. The van der Waals surface area contributed by atoms with Crippen molar-refractivity contribution >= 4 is 20.4 Å². The Morgan fingerprint density at radius 1 is 1.32 bits per heavy atom. The van der Waals surface area contributed by atoms with Crippen molar-refractivity contribution in [1.82, 2.24) is 9.55 Å². The minimum Gasteiger partial charge on any atom is -0.339 e. The van der Waals surface area contributed by atoms with Crippen LogP contribution in [0.5, 0.6) is 5.75 Å². The molecule has 1 aromatic carbocycles. The van der Waals surface area contributed by atoms with Crippen LogP contribution in [0.3, 0.4) is 0 Å².